The van der Waals surface area contributed by atoms with Gasteiger partial charge in [-0.2, -0.15) is 5.10 Å². The van der Waals surface area contributed by atoms with Gasteiger partial charge in [0.15, 0.2) is 0 Å². The van der Waals surface area contributed by atoms with Gasteiger partial charge in [0.2, 0.25) is 0 Å². The molecule has 0 aliphatic rings. The zero-order valence-corrected chi connectivity index (χ0v) is 10.9. The number of hydrogen-bond donors (Lipinski definition) is 0. The van der Waals surface area contributed by atoms with Gasteiger partial charge >= 0.3 is 5.97 Å². The number of carbonyl (C=O) groups excluding carboxylic acids is 1. The molecule has 0 aliphatic carbocycles. The summed E-state index contributed by atoms with van der Waals surface area (Å²) in [7, 11) is 3.18. The first kappa shape index (κ1) is 15.7. The topological polar surface area (TPSA) is 69.5 Å². The van der Waals surface area contributed by atoms with E-state index in [1.54, 1.807) is 28.1 Å². The number of methoxy groups -OCH3 is 2. The molecule has 0 N–H and O–H groups in total. The van der Waals surface area contributed by atoms with Gasteiger partial charge in [0, 0.05) is 20.6 Å². The second-order valence-corrected chi connectivity index (χ2v) is 3.25. The normalized spacial score (nSPS) is 12.7. The molecule has 0 spiro atoms. The van der Waals surface area contributed by atoms with Crippen LogP contribution in [0.1, 0.15) is 20.3 Å². The third kappa shape index (κ3) is 7.59. The van der Waals surface area contributed by atoms with Crippen LogP contribution in [0.2, 0.25) is 0 Å². The monoisotopic (exact) mass is 244 g/mol. The first-order valence-corrected chi connectivity index (χ1v) is 5.40. The first-order chi connectivity index (χ1) is 8.15. The Morgan fingerprint density at radius 2 is 1.88 bits per heavy atom. The Morgan fingerprint density at radius 1 is 1.18 bits per heavy atom. The maximum atomic E-state index is 11.2. The fourth-order valence-corrected chi connectivity index (χ4v) is 0.960. The van der Waals surface area contributed by atoms with E-state index < -0.39 is 5.97 Å². The molecule has 0 radical (unpaired) electrons. The molecule has 0 rings (SSSR count). The van der Waals surface area contributed by atoms with Gasteiger partial charge in [-0.25, -0.2) is 4.79 Å². The van der Waals surface area contributed by atoms with Gasteiger partial charge in [-0.15, -0.1) is 5.10 Å². The molecule has 17 heavy (non-hydrogen) atoms. The van der Waals surface area contributed by atoms with Crippen LogP contribution in [0.3, 0.4) is 0 Å². The van der Waals surface area contributed by atoms with E-state index in [1.807, 2.05) is 0 Å². The Morgan fingerprint density at radius 3 is 2.41 bits per heavy atom. The Balaban J connectivity index is 4.47. The van der Waals surface area contributed by atoms with Crippen LogP contribution in [0.4, 0.5) is 0 Å². The van der Waals surface area contributed by atoms with E-state index in [-0.39, 0.29) is 5.71 Å². The van der Waals surface area contributed by atoms with Crippen LogP contribution in [0.5, 0.6) is 0 Å². The molecule has 0 atom stereocenters. The summed E-state index contributed by atoms with van der Waals surface area (Å²) in [6.07, 6.45) is 0.615. The highest BCUT2D eigenvalue weighted by molar-refractivity contribution is 6.35. The third-order valence-corrected chi connectivity index (χ3v) is 1.82. The van der Waals surface area contributed by atoms with Gasteiger partial charge in [-0.05, 0) is 13.8 Å². The largest absolute Gasteiger partial charge is 0.461 e. The molecule has 0 aromatic rings. The quantitative estimate of drug-likeness (QED) is 0.363. The summed E-state index contributed by atoms with van der Waals surface area (Å²) in [6.45, 7) is 4.52. The van der Waals surface area contributed by atoms with E-state index in [1.165, 1.54) is 0 Å². The molecule has 0 aromatic heterocycles. The molecule has 0 amide bonds. The Bertz CT molecular complexity index is 287. The molecule has 98 valence electrons. The van der Waals surface area contributed by atoms with Crippen molar-refractivity contribution in [2.75, 3.05) is 34.0 Å². The van der Waals surface area contributed by atoms with Crippen LogP contribution in [0, 0.1) is 0 Å². The lowest BCUT2D eigenvalue weighted by Gasteiger charge is -2.03. The van der Waals surface area contributed by atoms with Gasteiger partial charge in [-0.3, -0.25) is 0 Å². The highest BCUT2D eigenvalue weighted by Crippen LogP contribution is 1.93. The summed E-state index contributed by atoms with van der Waals surface area (Å²) in [5.41, 5.74) is 0.941. The molecule has 0 unspecified atom stereocenters. The smallest absolute Gasteiger partial charge is 0.354 e. The lowest BCUT2D eigenvalue weighted by atomic mass is 10.3. The van der Waals surface area contributed by atoms with Crippen molar-refractivity contribution in [1.29, 1.82) is 0 Å². The molecule has 0 heterocycles. The Kier molecular flexibility index (Phi) is 9.18. The second-order valence-electron chi connectivity index (χ2n) is 3.25. The second kappa shape index (κ2) is 9.92. The molecule has 0 saturated heterocycles. The third-order valence-electron chi connectivity index (χ3n) is 1.82. The van der Waals surface area contributed by atoms with Crippen LogP contribution in [-0.2, 0) is 19.0 Å². The van der Waals surface area contributed by atoms with Gasteiger partial charge in [0.25, 0.3) is 0 Å². The van der Waals surface area contributed by atoms with Crippen molar-refractivity contribution >= 4 is 17.4 Å². The number of nitrogens with zero attached hydrogens (tertiary/aromatic N) is 2. The molecule has 6 heteroatoms. The highest BCUT2D eigenvalue weighted by Gasteiger charge is 2.06. The van der Waals surface area contributed by atoms with E-state index in [2.05, 4.69) is 10.2 Å². The molecule has 0 aromatic carbocycles. The van der Waals surface area contributed by atoms with Crippen molar-refractivity contribution in [1.82, 2.24) is 0 Å². The zero-order chi connectivity index (χ0) is 13.1. The molecule has 0 saturated carbocycles. The summed E-state index contributed by atoms with van der Waals surface area (Å²) >= 11 is 0. The lowest BCUT2D eigenvalue weighted by Crippen LogP contribution is -2.15. The standard InChI is InChI=1S/C11H20N2O4/c1-5-17-11(14)9(2)12-13-10(8-16-4)6-7-15-3/h5-8H2,1-4H3/b12-9-,13-10-. The van der Waals surface area contributed by atoms with Crippen LogP contribution in [0.25, 0.3) is 0 Å². The van der Waals surface area contributed by atoms with Crippen LogP contribution in [0.15, 0.2) is 10.2 Å². The maximum absolute atomic E-state index is 11.2. The van der Waals surface area contributed by atoms with Gasteiger partial charge in [0.1, 0.15) is 5.71 Å². The average Bonchev–Trinajstić information content (AvgIpc) is 2.32. The van der Waals surface area contributed by atoms with Gasteiger partial charge in [-0.1, -0.05) is 0 Å². The van der Waals surface area contributed by atoms with Crippen molar-refractivity contribution < 1.29 is 19.0 Å². The van der Waals surface area contributed by atoms with E-state index in [9.17, 15) is 4.79 Å². The lowest BCUT2D eigenvalue weighted by molar-refractivity contribution is -0.135. The number of rotatable bonds is 8. The fourth-order valence-electron chi connectivity index (χ4n) is 0.960. The van der Waals surface area contributed by atoms with Crippen LogP contribution >= 0.6 is 0 Å². The number of hydrogen-bond acceptors (Lipinski definition) is 6. The molecular weight excluding hydrogens is 224 g/mol. The predicted molar refractivity (Wildman–Crippen MR) is 65.5 cm³/mol. The summed E-state index contributed by atoms with van der Waals surface area (Å²) in [5, 5.41) is 7.76. The minimum atomic E-state index is -0.459. The van der Waals surface area contributed by atoms with Crippen molar-refractivity contribution in [2.45, 2.75) is 20.3 Å². The fraction of sp³-hybridized carbons (Fsp3) is 0.727. The van der Waals surface area contributed by atoms with Gasteiger partial charge in [0.05, 0.1) is 25.5 Å². The van der Waals surface area contributed by atoms with E-state index in [0.717, 1.165) is 5.71 Å². The molecule has 0 fully saturated rings. The van der Waals surface area contributed by atoms with Gasteiger partial charge < -0.3 is 14.2 Å². The highest BCUT2D eigenvalue weighted by atomic mass is 16.5. The number of ether oxygens (including phenoxy) is 3. The molecule has 0 aliphatic heterocycles. The summed E-state index contributed by atoms with van der Waals surface area (Å²) in [5.74, 6) is -0.459. The maximum Gasteiger partial charge on any atom is 0.354 e. The summed E-state index contributed by atoms with van der Waals surface area (Å²) in [6, 6.07) is 0. The molecule has 6 nitrogen and oxygen atoms in total. The minimum absolute atomic E-state index is 0.220. The van der Waals surface area contributed by atoms with Crippen LogP contribution < -0.4 is 0 Å². The number of carbonyl (C=O) groups is 1. The Labute approximate surface area is 102 Å². The SMILES string of the molecule is CCOC(=O)/C(C)=N\N=C(\CCOC)COC. The number of esters is 1. The summed E-state index contributed by atoms with van der Waals surface area (Å²) < 4.78 is 14.7. The molecule has 0 bridgehead atoms. The minimum Gasteiger partial charge on any atom is -0.461 e. The van der Waals surface area contributed by atoms with E-state index in [0.29, 0.717) is 26.2 Å². The van der Waals surface area contributed by atoms with E-state index in [4.69, 9.17) is 14.2 Å². The van der Waals surface area contributed by atoms with Crippen molar-refractivity contribution in [3.8, 4) is 0 Å². The summed E-state index contributed by atoms with van der Waals surface area (Å²) in [4.78, 5) is 11.2. The average molecular weight is 244 g/mol. The zero-order valence-electron chi connectivity index (χ0n) is 10.9. The van der Waals surface area contributed by atoms with E-state index >= 15 is 0 Å². The van der Waals surface area contributed by atoms with Crippen LogP contribution in [-0.4, -0.2) is 51.4 Å². The van der Waals surface area contributed by atoms with Crippen molar-refractivity contribution in [3.05, 3.63) is 0 Å². The first-order valence-electron chi connectivity index (χ1n) is 5.40. The predicted octanol–water partition coefficient (Wildman–Crippen LogP) is 1.05. The van der Waals surface area contributed by atoms with Crippen molar-refractivity contribution in [3.63, 3.8) is 0 Å². The molecular formula is C11H20N2O4. The Hall–Kier alpha value is -1.27. The van der Waals surface area contributed by atoms with Crippen molar-refractivity contribution in [2.24, 2.45) is 10.2 Å².